The molecule has 1 atom stereocenters. The van der Waals surface area contributed by atoms with Gasteiger partial charge in [0.1, 0.15) is 24.0 Å². The summed E-state index contributed by atoms with van der Waals surface area (Å²) in [7, 11) is -1.47. The SMILES string of the molecule is Cc1c(C(=O)N2CCOc3ccc(-c4ccc(-c5ncc[nH]5)cc4)cc3C2)ccc(S(C)=O)c1F. The number of benzene rings is 3. The molecule has 1 N–H and O–H groups in total. The average molecular weight is 490 g/mol. The summed E-state index contributed by atoms with van der Waals surface area (Å²) in [5.41, 5.74) is 4.39. The summed E-state index contributed by atoms with van der Waals surface area (Å²) in [6.07, 6.45) is 4.93. The molecule has 0 spiro atoms. The minimum atomic E-state index is -1.47. The number of fused-ring (bicyclic) bond motifs is 1. The van der Waals surface area contributed by atoms with Crippen LogP contribution in [0.15, 0.2) is 71.9 Å². The molecule has 1 amide bonds. The second kappa shape index (κ2) is 9.46. The number of nitrogens with one attached hydrogen (secondary N) is 1. The van der Waals surface area contributed by atoms with Crippen molar-refractivity contribution in [3.63, 3.8) is 0 Å². The van der Waals surface area contributed by atoms with Crippen LogP contribution in [-0.2, 0) is 17.3 Å². The predicted molar refractivity (Wildman–Crippen MR) is 133 cm³/mol. The van der Waals surface area contributed by atoms with E-state index >= 15 is 0 Å². The zero-order valence-electron chi connectivity index (χ0n) is 19.4. The van der Waals surface area contributed by atoms with Gasteiger partial charge >= 0.3 is 0 Å². The van der Waals surface area contributed by atoms with Crippen LogP contribution in [0.5, 0.6) is 5.75 Å². The normalized spacial score (nSPS) is 14.1. The van der Waals surface area contributed by atoms with E-state index in [9.17, 15) is 13.4 Å². The number of carbonyl (C=O) groups is 1. The van der Waals surface area contributed by atoms with Gasteiger partial charge in [-0.3, -0.25) is 9.00 Å². The fraction of sp³-hybridized carbons (Fsp3) is 0.185. The van der Waals surface area contributed by atoms with Crippen molar-refractivity contribution in [2.45, 2.75) is 18.4 Å². The Kier molecular flexibility index (Phi) is 6.21. The van der Waals surface area contributed by atoms with Crippen LogP contribution in [0.25, 0.3) is 22.5 Å². The summed E-state index contributed by atoms with van der Waals surface area (Å²) in [4.78, 5) is 22.5. The van der Waals surface area contributed by atoms with Gasteiger partial charge in [0.05, 0.1) is 22.2 Å². The highest BCUT2D eigenvalue weighted by Crippen LogP contribution is 2.31. The molecule has 0 aliphatic carbocycles. The molecule has 0 bridgehead atoms. The molecule has 8 heteroatoms. The molecule has 5 rings (SSSR count). The van der Waals surface area contributed by atoms with Gasteiger partial charge in [0.15, 0.2) is 0 Å². The third kappa shape index (κ3) is 4.49. The van der Waals surface area contributed by atoms with Gasteiger partial charge in [-0.2, -0.15) is 0 Å². The summed E-state index contributed by atoms with van der Waals surface area (Å²) in [6.45, 7) is 2.61. The molecule has 1 aromatic heterocycles. The first-order valence-corrected chi connectivity index (χ1v) is 12.8. The van der Waals surface area contributed by atoms with Crippen LogP contribution in [0, 0.1) is 12.7 Å². The van der Waals surface area contributed by atoms with Gasteiger partial charge in [0.25, 0.3) is 5.91 Å². The lowest BCUT2D eigenvalue weighted by molar-refractivity contribution is 0.0731. The summed E-state index contributed by atoms with van der Waals surface area (Å²) in [5.74, 6) is 0.671. The first-order chi connectivity index (χ1) is 16.9. The molecule has 6 nitrogen and oxygen atoms in total. The number of hydrogen-bond donors (Lipinski definition) is 1. The number of halogens is 1. The van der Waals surface area contributed by atoms with E-state index in [4.69, 9.17) is 4.74 Å². The standard InChI is InChI=1S/C27H24FN3O3S/c1-17-22(8-10-24(25(17)28)35(2)33)27(32)31-13-14-34-23-9-7-20(15-21(23)16-31)18-3-5-19(6-4-18)26-29-11-12-30-26/h3-12,15H,13-14,16H2,1-2H3,(H,29,30). The number of ether oxygens (including phenoxy) is 1. The molecule has 1 aliphatic rings. The molecule has 0 radical (unpaired) electrons. The van der Waals surface area contributed by atoms with E-state index in [1.54, 1.807) is 30.3 Å². The molecule has 178 valence electrons. The fourth-order valence-electron chi connectivity index (χ4n) is 4.28. The first-order valence-electron chi connectivity index (χ1n) is 11.2. The van der Waals surface area contributed by atoms with E-state index in [-0.39, 0.29) is 21.9 Å². The zero-order chi connectivity index (χ0) is 24.5. The summed E-state index contributed by atoms with van der Waals surface area (Å²) in [6, 6.07) is 17.0. The van der Waals surface area contributed by atoms with Crippen LogP contribution >= 0.6 is 0 Å². The summed E-state index contributed by atoms with van der Waals surface area (Å²) < 4.78 is 32.4. The van der Waals surface area contributed by atoms with Crippen molar-refractivity contribution < 1.29 is 18.1 Å². The molecule has 35 heavy (non-hydrogen) atoms. The van der Waals surface area contributed by atoms with Crippen molar-refractivity contribution in [3.8, 4) is 28.3 Å². The lowest BCUT2D eigenvalue weighted by Gasteiger charge is -2.21. The lowest BCUT2D eigenvalue weighted by Crippen LogP contribution is -2.33. The molecule has 0 saturated carbocycles. The Morgan fingerprint density at radius 2 is 1.83 bits per heavy atom. The van der Waals surface area contributed by atoms with Gasteiger partial charge in [-0.1, -0.05) is 30.3 Å². The van der Waals surface area contributed by atoms with Crippen LogP contribution in [0.3, 0.4) is 0 Å². The van der Waals surface area contributed by atoms with Crippen LogP contribution in [0.1, 0.15) is 21.5 Å². The molecule has 4 aromatic rings. The van der Waals surface area contributed by atoms with Crippen LogP contribution in [0.4, 0.5) is 4.39 Å². The van der Waals surface area contributed by atoms with Crippen LogP contribution < -0.4 is 4.74 Å². The van der Waals surface area contributed by atoms with E-state index in [2.05, 4.69) is 9.97 Å². The molecule has 0 saturated heterocycles. The van der Waals surface area contributed by atoms with Crippen molar-refractivity contribution in [2.24, 2.45) is 0 Å². The fourth-order valence-corrected chi connectivity index (χ4v) is 4.94. The maximum absolute atomic E-state index is 14.7. The minimum Gasteiger partial charge on any atom is -0.491 e. The van der Waals surface area contributed by atoms with Crippen LogP contribution in [-0.4, -0.2) is 44.4 Å². The number of aromatic amines is 1. The molecule has 1 aliphatic heterocycles. The summed E-state index contributed by atoms with van der Waals surface area (Å²) >= 11 is 0. The largest absolute Gasteiger partial charge is 0.491 e. The predicted octanol–water partition coefficient (Wildman–Crippen LogP) is 4.96. The van der Waals surface area contributed by atoms with E-state index < -0.39 is 16.6 Å². The molecular formula is C27H24FN3O3S. The van der Waals surface area contributed by atoms with Gasteiger partial charge in [-0.15, -0.1) is 0 Å². The van der Waals surface area contributed by atoms with Gasteiger partial charge in [0.2, 0.25) is 0 Å². The molecule has 0 fully saturated rings. The van der Waals surface area contributed by atoms with Gasteiger partial charge in [0, 0.05) is 41.9 Å². The quantitative estimate of drug-likeness (QED) is 0.440. The maximum atomic E-state index is 14.7. The number of amides is 1. The molecular weight excluding hydrogens is 465 g/mol. The van der Waals surface area contributed by atoms with Crippen LogP contribution in [0.2, 0.25) is 0 Å². The Morgan fingerprint density at radius 1 is 1.09 bits per heavy atom. The van der Waals surface area contributed by atoms with Crippen molar-refractivity contribution in [1.29, 1.82) is 0 Å². The Labute approximate surface area is 205 Å². The summed E-state index contributed by atoms with van der Waals surface area (Å²) in [5, 5.41) is 0. The third-order valence-electron chi connectivity index (χ3n) is 6.21. The molecule has 3 aromatic carbocycles. The minimum absolute atomic E-state index is 0.103. The first kappa shape index (κ1) is 23.0. The number of hydrogen-bond acceptors (Lipinski definition) is 4. The Hall–Kier alpha value is -3.78. The highest BCUT2D eigenvalue weighted by Gasteiger charge is 2.25. The van der Waals surface area contributed by atoms with Crippen molar-refractivity contribution in [1.82, 2.24) is 14.9 Å². The number of carbonyl (C=O) groups excluding carboxylic acids is 1. The van der Waals surface area contributed by atoms with Crippen molar-refractivity contribution in [2.75, 3.05) is 19.4 Å². The van der Waals surface area contributed by atoms with E-state index in [1.165, 1.54) is 12.3 Å². The Morgan fingerprint density at radius 3 is 2.54 bits per heavy atom. The van der Waals surface area contributed by atoms with Crippen molar-refractivity contribution in [3.05, 3.63) is 89.5 Å². The van der Waals surface area contributed by atoms with Gasteiger partial charge < -0.3 is 14.6 Å². The molecule has 1 unspecified atom stereocenters. The third-order valence-corrected chi connectivity index (χ3v) is 7.14. The highest BCUT2D eigenvalue weighted by molar-refractivity contribution is 7.84. The zero-order valence-corrected chi connectivity index (χ0v) is 20.2. The van der Waals surface area contributed by atoms with E-state index in [0.717, 1.165) is 33.8 Å². The number of nitrogens with zero attached hydrogens (tertiary/aromatic N) is 2. The average Bonchev–Trinajstić information content (AvgIpc) is 3.32. The maximum Gasteiger partial charge on any atom is 0.254 e. The van der Waals surface area contributed by atoms with E-state index in [0.29, 0.717) is 19.7 Å². The topological polar surface area (TPSA) is 75.3 Å². The number of aromatic nitrogens is 2. The smallest absolute Gasteiger partial charge is 0.254 e. The lowest BCUT2D eigenvalue weighted by atomic mass is 10.0. The number of rotatable bonds is 4. The molecule has 2 heterocycles. The monoisotopic (exact) mass is 489 g/mol. The van der Waals surface area contributed by atoms with Crippen molar-refractivity contribution >= 4 is 16.7 Å². The van der Waals surface area contributed by atoms with E-state index in [1.807, 2.05) is 42.5 Å². The second-order valence-corrected chi connectivity index (χ2v) is 9.77. The number of imidazole rings is 1. The highest BCUT2D eigenvalue weighted by atomic mass is 32.2. The Balaban J connectivity index is 1.42. The Bertz CT molecular complexity index is 1420. The van der Waals surface area contributed by atoms with Gasteiger partial charge in [-0.25, -0.2) is 9.37 Å². The number of H-pyrrole nitrogens is 1. The van der Waals surface area contributed by atoms with Gasteiger partial charge in [-0.05, 0) is 47.9 Å². The second-order valence-electron chi connectivity index (χ2n) is 8.42.